The first-order chi connectivity index (χ1) is 17.4. The van der Waals surface area contributed by atoms with Crippen LogP contribution >= 0.6 is 11.6 Å². The Morgan fingerprint density at radius 2 is 2.08 bits per heavy atom. The molecule has 36 heavy (non-hydrogen) atoms. The molecule has 4 aromatic rings. The molecule has 0 bridgehead atoms. The van der Waals surface area contributed by atoms with Gasteiger partial charge < -0.3 is 10.6 Å². The molecule has 0 unspecified atom stereocenters. The van der Waals surface area contributed by atoms with E-state index in [4.69, 9.17) is 17.3 Å². The minimum absolute atomic E-state index is 0.0338. The molecule has 2 aromatic carbocycles. The Morgan fingerprint density at radius 3 is 2.81 bits per heavy atom. The lowest BCUT2D eigenvalue weighted by atomic mass is 9.94. The van der Waals surface area contributed by atoms with Crippen LogP contribution < -0.4 is 16.2 Å². The van der Waals surface area contributed by atoms with Crippen LogP contribution in [0.4, 0.5) is 10.1 Å². The molecular formula is C26H23ClFN7O. The van der Waals surface area contributed by atoms with Crippen molar-refractivity contribution in [2.75, 3.05) is 11.4 Å². The maximum atomic E-state index is 15.8. The summed E-state index contributed by atoms with van der Waals surface area (Å²) in [6.07, 6.45) is 5.84. The molecule has 0 amide bonds. The first-order valence-corrected chi connectivity index (χ1v) is 12.2. The van der Waals surface area contributed by atoms with E-state index in [2.05, 4.69) is 26.3 Å². The maximum absolute atomic E-state index is 15.8. The van der Waals surface area contributed by atoms with Gasteiger partial charge >= 0.3 is 0 Å². The van der Waals surface area contributed by atoms with Gasteiger partial charge in [0.2, 0.25) is 0 Å². The molecular weight excluding hydrogens is 481 g/mol. The number of hydrogen-bond acceptors (Lipinski definition) is 6. The van der Waals surface area contributed by atoms with Crippen LogP contribution in [0.5, 0.6) is 0 Å². The van der Waals surface area contributed by atoms with E-state index in [1.54, 1.807) is 42.2 Å². The largest absolute Gasteiger partial charge is 0.365 e. The highest BCUT2D eigenvalue weighted by atomic mass is 35.5. The number of halogens is 2. The Balaban J connectivity index is 1.60. The van der Waals surface area contributed by atoms with E-state index in [0.717, 1.165) is 32.2 Å². The normalized spacial score (nSPS) is 16.1. The first kappa shape index (κ1) is 22.7. The first-order valence-electron chi connectivity index (χ1n) is 11.8. The highest BCUT2D eigenvalue weighted by Crippen LogP contribution is 2.53. The molecule has 1 spiro atoms. The Labute approximate surface area is 211 Å². The van der Waals surface area contributed by atoms with Crippen LogP contribution in [0.1, 0.15) is 36.9 Å². The maximum Gasteiger partial charge on any atom is 0.272 e. The average Bonchev–Trinajstić information content (AvgIpc) is 3.38. The molecule has 10 heteroatoms. The summed E-state index contributed by atoms with van der Waals surface area (Å²) in [5.41, 5.74) is 8.89. The van der Waals surface area contributed by atoms with E-state index in [-0.39, 0.29) is 33.8 Å². The second-order valence-corrected chi connectivity index (χ2v) is 9.93. The van der Waals surface area contributed by atoms with Crippen molar-refractivity contribution in [1.82, 2.24) is 20.0 Å². The van der Waals surface area contributed by atoms with Gasteiger partial charge in [0.05, 0.1) is 44.8 Å². The molecule has 3 N–H and O–H groups in total. The van der Waals surface area contributed by atoms with Crippen molar-refractivity contribution in [1.29, 1.82) is 5.26 Å². The summed E-state index contributed by atoms with van der Waals surface area (Å²) in [5, 5.41) is 22.2. The number of nitrogens with one attached hydrogen (secondary N) is 1. The molecule has 0 atom stereocenters. The van der Waals surface area contributed by atoms with Crippen molar-refractivity contribution in [3.63, 3.8) is 0 Å². The van der Waals surface area contributed by atoms with Crippen molar-refractivity contribution < 1.29 is 4.39 Å². The Bertz CT molecular complexity index is 1650. The lowest BCUT2D eigenvalue weighted by molar-refractivity contribution is 0.625. The molecule has 0 radical (unpaired) electrons. The number of hydrogen-bond donors (Lipinski definition) is 2. The predicted octanol–water partition coefficient (Wildman–Crippen LogP) is 4.25. The van der Waals surface area contributed by atoms with Crippen LogP contribution in [0.2, 0.25) is 5.02 Å². The van der Waals surface area contributed by atoms with E-state index in [0.29, 0.717) is 39.0 Å². The van der Waals surface area contributed by atoms with Crippen molar-refractivity contribution in [2.45, 2.75) is 37.8 Å². The van der Waals surface area contributed by atoms with Crippen LogP contribution in [-0.4, -0.2) is 32.1 Å². The summed E-state index contributed by atoms with van der Waals surface area (Å²) in [4.78, 5) is 14.5. The molecule has 6 rings (SSSR count). The third-order valence-corrected chi connectivity index (χ3v) is 7.85. The van der Waals surface area contributed by atoms with Gasteiger partial charge in [0.1, 0.15) is 6.07 Å². The molecule has 2 aromatic heterocycles. The Hall–Kier alpha value is -3.74. The third kappa shape index (κ3) is 3.25. The van der Waals surface area contributed by atoms with Crippen molar-refractivity contribution in [3.8, 4) is 28.5 Å². The third-order valence-electron chi connectivity index (χ3n) is 7.57. The lowest BCUT2D eigenvalue weighted by Crippen LogP contribution is -2.31. The quantitative estimate of drug-likeness (QED) is 0.430. The van der Waals surface area contributed by atoms with Gasteiger partial charge in [-0.1, -0.05) is 17.7 Å². The number of aromatic amines is 1. The highest BCUT2D eigenvalue weighted by Gasteiger charge is 2.51. The summed E-state index contributed by atoms with van der Waals surface area (Å²) in [5.74, 6) is -0.660. The van der Waals surface area contributed by atoms with Gasteiger partial charge in [-0.25, -0.2) is 9.49 Å². The van der Waals surface area contributed by atoms with E-state index in [1.807, 2.05) is 0 Å². The van der Waals surface area contributed by atoms with Crippen molar-refractivity contribution >= 4 is 28.1 Å². The Kier molecular flexibility index (Phi) is 5.14. The van der Waals surface area contributed by atoms with Crippen LogP contribution in [0.15, 0.2) is 35.3 Å². The van der Waals surface area contributed by atoms with Gasteiger partial charge in [0, 0.05) is 36.6 Å². The molecule has 3 heterocycles. The molecule has 1 aliphatic heterocycles. The van der Waals surface area contributed by atoms with E-state index < -0.39 is 5.82 Å². The molecule has 2 fully saturated rings. The van der Waals surface area contributed by atoms with Gasteiger partial charge in [-0.15, -0.1) is 0 Å². The smallest absolute Gasteiger partial charge is 0.272 e. The predicted molar refractivity (Wildman–Crippen MR) is 136 cm³/mol. The molecule has 182 valence electrons. The van der Waals surface area contributed by atoms with Gasteiger partial charge in [0.25, 0.3) is 5.56 Å². The standard InChI is InChI=1S/C26H23ClFN7O/c1-34-24(18(13-31-34)14-3-4-15-16(9-14)20(12-30)32-33-25(15)36)22-17(11-29)21(10-19(27)23(22)28)35-8-2-5-26(35)6-7-26/h3-4,9-10,13H,2,5-8,12,30H2,1H3,(H,33,36). The molecule has 2 aliphatic rings. The van der Waals surface area contributed by atoms with E-state index in [9.17, 15) is 10.1 Å². The second-order valence-electron chi connectivity index (χ2n) is 9.53. The van der Waals surface area contributed by atoms with Crippen LogP contribution in [0.25, 0.3) is 33.2 Å². The minimum Gasteiger partial charge on any atom is -0.365 e. The van der Waals surface area contributed by atoms with E-state index in [1.165, 1.54) is 0 Å². The Morgan fingerprint density at radius 1 is 1.28 bits per heavy atom. The second kappa shape index (κ2) is 8.15. The number of benzene rings is 2. The number of anilines is 1. The lowest BCUT2D eigenvalue weighted by Gasteiger charge is -2.29. The molecule has 1 aliphatic carbocycles. The SMILES string of the molecule is Cn1ncc(-c2ccc3c(=O)[nH]nc(CN)c3c2)c1-c1c(F)c(Cl)cc(N2CCCC23CC3)c1C#N. The molecule has 8 nitrogen and oxygen atoms in total. The fourth-order valence-electron chi connectivity index (χ4n) is 5.63. The summed E-state index contributed by atoms with van der Waals surface area (Å²) in [6.45, 7) is 0.946. The zero-order valence-electron chi connectivity index (χ0n) is 19.6. The van der Waals surface area contributed by atoms with Gasteiger partial charge in [-0.3, -0.25) is 9.48 Å². The number of nitrogens with zero attached hydrogens (tertiary/aromatic N) is 5. The van der Waals surface area contributed by atoms with Crippen LogP contribution in [0, 0.1) is 17.1 Å². The number of nitrogens with two attached hydrogens (primary N) is 1. The minimum atomic E-state index is -0.660. The zero-order chi connectivity index (χ0) is 25.2. The van der Waals surface area contributed by atoms with Gasteiger partial charge in [0.15, 0.2) is 5.82 Å². The van der Waals surface area contributed by atoms with Crippen LogP contribution in [0.3, 0.4) is 0 Å². The number of fused-ring (bicyclic) bond motifs is 1. The topological polar surface area (TPSA) is 117 Å². The van der Waals surface area contributed by atoms with Crippen LogP contribution in [-0.2, 0) is 13.6 Å². The summed E-state index contributed by atoms with van der Waals surface area (Å²) >= 11 is 6.44. The fraction of sp³-hybridized carbons (Fsp3) is 0.308. The van der Waals surface area contributed by atoms with Gasteiger partial charge in [-0.2, -0.15) is 15.5 Å². The number of H-pyrrole nitrogens is 1. The average molecular weight is 504 g/mol. The zero-order valence-corrected chi connectivity index (χ0v) is 20.4. The molecule has 1 saturated heterocycles. The summed E-state index contributed by atoms with van der Waals surface area (Å²) in [6, 6.07) is 9.12. The summed E-state index contributed by atoms with van der Waals surface area (Å²) in [7, 11) is 1.71. The fourth-order valence-corrected chi connectivity index (χ4v) is 5.83. The number of aromatic nitrogens is 4. The summed E-state index contributed by atoms with van der Waals surface area (Å²) < 4.78 is 17.3. The number of rotatable bonds is 4. The number of aryl methyl sites for hydroxylation is 1. The monoisotopic (exact) mass is 503 g/mol. The van der Waals surface area contributed by atoms with Crippen molar-refractivity contribution in [2.24, 2.45) is 12.8 Å². The number of nitriles is 1. The van der Waals surface area contributed by atoms with Gasteiger partial charge in [-0.05, 0) is 49.4 Å². The molecule has 1 saturated carbocycles. The van der Waals surface area contributed by atoms with E-state index >= 15 is 4.39 Å². The van der Waals surface area contributed by atoms with Crippen molar-refractivity contribution in [3.05, 3.63) is 62.9 Å². The highest BCUT2D eigenvalue weighted by molar-refractivity contribution is 6.31.